The molecule has 0 aliphatic heterocycles. The molecule has 8 heteroatoms. The van der Waals surface area contributed by atoms with E-state index in [1.165, 1.54) is 32.6 Å². The van der Waals surface area contributed by atoms with E-state index in [2.05, 4.69) is 312 Å². The third-order valence-electron chi connectivity index (χ3n) is 21.7. The number of nitrogens with zero attached hydrogens (tertiary/aromatic N) is 6. The Labute approximate surface area is 645 Å². The normalized spacial score (nSPS) is 11.6. The molecule has 6 heterocycles. The van der Waals surface area contributed by atoms with Crippen LogP contribution in [0.3, 0.4) is 0 Å². The van der Waals surface area contributed by atoms with Gasteiger partial charge in [-0.05, 0) is 118 Å². The van der Waals surface area contributed by atoms with E-state index in [1.54, 1.807) is 0 Å². The summed E-state index contributed by atoms with van der Waals surface area (Å²) in [5.41, 5.74) is 29.3. The molecule has 16 aromatic carbocycles. The van der Waals surface area contributed by atoms with E-state index in [-0.39, 0.29) is 0 Å². The number of hydrogen-bond donors (Lipinski definition) is 0. The van der Waals surface area contributed by atoms with Gasteiger partial charge >= 0.3 is 0 Å². The van der Waals surface area contributed by atoms with Crippen LogP contribution in [0, 0.1) is 0 Å². The monoisotopic (exact) mass is 1430 g/mol. The van der Waals surface area contributed by atoms with Crippen molar-refractivity contribution in [2.45, 2.75) is 0 Å². The molecule has 112 heavy (non-hydrogen) atoms. The van der Waals surface area contributed by atoms with E-state index in [0.29, 0.717) is 11.6 Å². The zero-order valence-corrected chi connectivity index (χ0v) is 60.6. The first-order chi connectivity index (χ1) is 55.5. The van der Waals surface area contributed by atoms with Crippen LogP contribution < -0.4 is 0 Å². The largest absolute Gasteiger partial charge is 0.455 e. The molecule has 8 nitrogen and oxygen atoms in total. The summed E-state index contributed by atoms with van der Waals surface area (Å²) < 4.78 is 17.6. The quantitative estimate of drug-likeness (QED) is 0.121. The molecule has 0 aliphatic carbocycles. The van der Waals surface area contributed by atoms with Crippen LogP contribution in [0.25, 0.3) is 211 Å². The lowest BCUT2D eigenvalue weighted by Crippen LogP contribution is -1.96. The molecule has 22 aromatic rings. The van der Waals surface area contributed by atoms with Crippen molar-refractivity contribution < 1.29 is 8.83 Å². The van der Waals surface area contributed by atoms with E-state index < -0.39 is 0 Å². The van der Waals surface area contributed by atoms with Crippen molar-refractivity contribution in [1.82, 2.24) is 29.1 Å². The Morgan fingerprint density at radius 2 is 0.473 bits per heavy atom. The zero-order valence-electron chi connectivity index (χ0n) is 60.6. The van der Waals surface area contributed by atoms with Gasteiger partial charge in [-0.1, -0.05) is 315 Å². The average Bonchev–Trinajstić information content (AvgIpc) is 1.60. The molecule has 0 saturated carbocycles. The highest BCUT2D eigenvalue weighted by molar-refractivity contribution is 6.14. The van der Waals surface area contributed by atoms with E-state index in [4.69, 9.17) is 28.8 Å². The summed E-state index contributed by atoms with van der Waals surface area (Å²) in [6, 6.07) is 141. The Bertz CT molecular complexity index is 6790. The molecule has 0 bridgehead atoms. The predicted octanol–water partition coefficient (Wildman–Crippen LogP) is 27.6. The predicted molar refractivity (Wildman–Crippen MR) is 462 cm³/mol. The fourth-order valence-electron chi connectivity index (χ4n) is 16.2. The van der Waals surface area contributed by atoms with Crippen LogP contribution >= 0.6 is 0 Å². The van der Waals surface area contributed by atoms with Gasteiger partial charge in [-0.25, -0.2) is 19.9 Å². The summed E-state index contributed by atoms with van der Waals surface area (Å²) >= 11 is 0. The van der Waals surface area contributed by atoms with Crippen LogP contribution in [-0.4, -0.2) is 29.1 Å². The van der Waals surface area contributed by atoms with Gasteiger partial charge in [0.05, 0.1) is 44.8 Å². The molecule has 524 valence electrons. The number of para-hydroxylation sites is 6. The lowest BCUT2D eigenvalue weighted by molar-refractivity contribution is 0.669. The number of hydrogen-bond acceptors (Lipinski definition) is 6. The molecule has 0 saturated heterocycles. The molecule has 6 aromatic heterocycles. The van der Waals surface area contributed by atoms with Crippen molar-refractivity contribution in [2.75, 3.05) is 0 Å². The molecule has 0 N–H and O–H groups in total. The first-order valence-corrected chi connectivity index (χ1v) is 37.8. The van der Waals surface area contributed by atoms with Crippen LogP contribution in [0.1, 0.15) is 0 Å². The molecule has 0 aliphatic rings. The van der Waals surface area contributed by atoms with Gasteiger partial charge in [0, 0.05) is 99.0 Å². The van der Waals surface area contributed by atoms with Gasteiger partial charge in [-0.3, -0.25) is 0 Å². The molecule has 0 atom stereocenters. The van der Waals surface area contributed by atoms with Crippen LogP contribution in [-0.2, 0) is 0 Å². The summed E-state index contributed by atoms with van der Waals surface area (Å²) in [5.74, 6) is 1.42. The van der Waals surface area contributed by atoms with Gasteiger partial charge in [-0.2, -0.15) is 0 Å². The van der Waals surface area contributed by atoms with Gasteiger partial charge in [0.15, 0.2) is 11.6 Å². The fraction of sp³-hybridized carbons (Fsp3) is 0. The van der Waals surface area contributed by atoms with Crippen molar-refractivity contribution >= 4 is 87.5 Å². The standard InChI is InChI=1S/2C52H33N3O/c1-3-13-35(14-4-1)46-33-47(54-52(53-46)37-15-5-2-6-16-37)36-27-25-34(26-28-36)38-29-30-49-45(32-38)42-19-7-9-23-48(42)55(49)40-18-11-17-39(31-40)41-21-12-22-44-43-20-8-10-24-50(43)56-51(41)44;1-3-13-35(14-4-1)46-33-47(36-15-5-2-6-16-36)54-52(53-46)37-27-25-34(26-28-37)38-29-30-49-45(32-38)42-19-7-9-23-48(42)55(49)40-18-11-17-39(31-40)41-21-12-22-44-43-20-8-10-24-50(43)56-51(41)44/h2*1-33H. The second-order valence-corrected chi connectivity index (χ2v) is 28.4. The molecule has 22 rings (SSSR count). The lowest BCUT2D eigenvalue weighted by Gasteiger charge is -2.11. The molecular formula is C104H66N6O2. The maximum absolute atomic E-state index is 6.43. The van der Waals surface area contributed by atoms with E-state index in [0.717, 1.165) is 167 Å². The van der Waals surface area contributed by atoms with Crippen LogP contribution in [0.4, 0.5) is 0 Å². The van der Waals surface area contributed by atoms with E-state index in [1.807, 2.05) is 97.1 Å². The maximum atomic E-state index is 6.43. The number of fused-ring (bicyclic) bond motifs is 12. The summed E-state index contributed by atoms with van der Waals surface area (Å²) in [5, 5.41) is 9.38. The van der Waals surface area contributed by atoms with Gasteiger partial charge in [0.1, 0.15) is 22.3 Å². The van der Waals surface area contributed by atoms with Crippen LogP contribution in [0.2, 0.25) is 0 Å². The maximum Gasteiger partial charge on any atom is 0.160 e. The van der Waals surface area contributed by atoms with E-state index >= 15 is 0 Å². The van der Waals surface area contributed by atoms with Crippen molar-refractivity contribution in [3.63, 3.8) is 0 Å². The summed E-state index contributed by atoms with van der Waals surface area (Å²) in [6.45, 7) is 0. The highest BCUT2D eigenvalue weighted by atomic mass is 16.3. The number of furan rings is 2. The van der Waals surface area contributed by atoms with Crippen molar-refractivity contribution in [3.05, 3.63) is 400 Å². The Hall–Kier alpha value is -15.1. The SMILES string of the molecule is c1ccc(-c2cc(-c3ccc(-c4ccc5c(c4)c4ccccc4n5-c4cccc(-c5cccc6c5oc5ccccc56)c4)cc3)nc(-c3ccccc3)n2)cc1.c1ccc(-c2cc(-c3ccccc3)nc(-c3ccc(-c4ccc5c(c4)c4ccccc4n5-c4cccc(-c5cccc6c5oc5ccccc56)c4)cc3)n2)cc1. The third kappa shape index (κ3) is 11.7. The van der Waals surface area contributed by atoms with Gasteiger partial charge in [0.25, 0.3) is 0 Å². The highest BCUT2D eigenvalue weighted by Crippen LogP contribution is 2.43. The third-order valence-corrected chi connectivity index (χ3v) is 21.7. The minimum absolute atomic E-state index is 0.703. The van der Waals surface area contributed by atoms with Gasteiger partial charge in [-0.15, -0.1) is 0 Å². The molecule has 0 amide bonds. The Morgan fingerprint density at radius 3 is 0.893 bits per heavy atom. The number of rotatable bonds is 12. The number of aromatic nitrogens is 6. The fourth-order valence-corrected chi connectivity index (χ4v) is 16.2. The second kappa shape index (κ2) is 27.6. The Morgan fingerprint density at radius 1 is 0.179 bits per heavy atom. The first-order valence-electron chi connectivity index (χ1n) is 37.8. The molecule has 0 fully saturated rings. The summed E-state index contributed by atoms with van der Waals surface area (Å²) in [4.78, 5) is 20.1. The average molecular weight is 1430 g/mol. The zero-order chi connectivity index (χ0) is 74.0. The van der Waals surface area contributed by atoms with Crippen LogP contribution in [0.5, 0.6) is 0 Å². The first kappa shape index (κ1) is 65.2. The smallest absolute Gasteiger partial charge is 0.160 e. The van der Waals surface area contributed by atoms with Crippen molar-refractivity contribution in [1.29, 1.82) is 0 Å². The van der Waals surface area contributed by atoms with Gasteiger partial charge < -0.3 is 18.0 Å². The van der Waals surface area contributed by atoms with Crippen molar-refractivity contribution in [3.8, 4) is 124 Å². The topological polar surface area (TPSA) is 87.7 Å². The summed E-state index contributed by atoms with van der Waals surface area (Å²) in [7, 11) is 0. The Kier molecular flexibility index (Phi) is 16.1. The van der Waals surface area contributed by atoms with E-state index in [9.17, 15) is 0 Å². The minimum atomic E-state index is 0.703. The molecule has 0 spiro atoms. The lowest BCUT2D eigenvalue weighted by atomic mass is 10.00. The summed E-state index contributed by atoms with van der Waals surface area (Å²) in [6.07, 6.45) is 0. The van der Waals surface area contributed by atoms with Crippen molar-refractivity contribution in [2.24, 2.45) is 0 Å². The minimum Gasteiger partial charge on any atom is -0.455 e. The molecular weight excluding hydrogens is 1370 g/mol. The molecule has 0 unspecified atom stereocenters. The molecule has 0 radical (unpaired) electrons. The van der Waals surface area contributed by atoms with Gasteiger partial charge in [0.2, 0.25) is 0 Å². The van der Waals surface area contributed by atoms with Crippen LogP contribution in [0.15, 0.2) is 409 Å². The highest BCUT2D eigenvalue weighted by Gasteiger charge is 2.21. The second-order valence-electron chi connectivity index (χ2n) is 28.4. The Balaban J connectivity index is 0.000000141. The number of benzene rings is 16.